The van der Waals surface area contributed by atoms with Gasteiger partial charge in [0.1, 0.15) is 90.7 Å². The molecular formula is C22H28BN10Na5O19P5. The van der Waals surface area contributed by atoms with Gasteiger partial charge in [0.25, 0.3) is 0 Å². The summed E-state index contributed by atoms with van der Waals surface area (Å²) in [5.74, 6) is -4.30. The molecule has 29 nitrogen and oxygen atoms in total. The van der Waals surface area contributed by atoms with Crippen LogP contribution >= 0.6 is 37.9 Å². The number of rotatable bonds is 16. The number of aromatic nitrogens is 8. The van der Waals surface area contributed by atoms with Gasteiger partial charge in [-0.05, 0) is 0 Å². The summed E-state index contributed by atoms with van der Waals surface area (Å²) in [6, 6.07) is 0. The van der Waals surface area contributed by atoms with Crippen LogP contribution in [0.15, 0.2) is 25.3 Å². The Bertz CT molecular complexity index is 2260. The van der Waals surface area contributed by atoms with Gasteiger partial charge in [0.2, 0.25) is 0 Å². The first-order chi connectivity index (χ1) is 26.4. The molecule has 2 fully saturated rings. The van der Waals surface area contributed by atoms with E-state index < -0.39 is 112 Å². The van der Waals surface area contributed by atoms with Gasteiger partial charge in [-0.15, -0.1) is 0 Å². The molecule has 4 unspecified atom stereocenters. The van der Waals surface area contributed by atoms with Gasteiger partial charge in [-0.2, -0.15) is 0 Å². The van der Waals surface area contributed by atoms with Crippen LogP contribution in [-0.4, -0.2) is 129 Å². The van der Waals surface area contributed by atoms with E-state index in [0.29, 0.717) is 0 Å². The third kappa shape index (κ3) is 15.2. The smallest absolute Gasteiger partial charge is 0.778 e. The monoisotopic (exact) mass is 1020 g/mol. The molecule has 3 radical (unpaired) electrons. The summed E-state index contributed by atoms with van der Waals surface area (Å²) in [7, 11) is -24.1. The molecular weight excluding hydrogens is 989 g/mol. The summed E-state index contributed by atoms with van der Waals surface area (Å²) in [6.07, 6.45) is -8.72. The number of ether oxygens (including phenoxy) is 2. The molecule has 2 saturated heterocycles. The predicted molar refractivity (Wildman–Crippen MR) is 179 cm³/mol. The van der Waals surface area contributed by atoms with Crippen LogP contribution in [0.4, 0.5) is 11.6 Å². The van der Waals surface area contributed by atoms with E-state index in [1.54, 1.807) is 0 Å². The van der Waals surface area contributed by atoms with E-state index in [1.165, 1.54) is 0 Å². The molecule has 40 heteroatoms. The number of anilines is 2. The second kappa shape index (κ2) is 24.5. The zero-order chi connectivity index (χ0) is 41.9. The molecule has 6 rings (SSSR count). The van der Waals surface area contributed by atoms with Crippen molar-refractivity contribution >= 4 is 79.4 Å². The average Bonchev–Trinajstić information content (AvgIpc) is 3.83. The Labute approximate surface area is 461 Å². The first-order valence-corrected chi connectivity index (χ1v) is 24.1. The molecule has 2 aliphatic heterocycles. The minimum absolute atomic E-state index is 0. The Morgan fingerprint density at radius 3 is 1.27 bits per heavy atom. The molecule has 8 N–H and O–H groups in total. The van der Waals surface area contributed by atoms with E-state index in [0.717, 1.165) is 34.4 Å². The Balaban J connectivity index is 0.00000384. The van der Waals surface area contributed by atoms with E-state index in [-0.39, 0.29) is 182 Å². The van der Waals surface area contributed by atoms with Crippen molar-refractivity contribution in [3.8, 4) is 0 Å². The summed E-state index contributed by atoms with van der Waals surface area (Å²) in [5.41, 5.74) is 11.8. The molecule has 0 bridgehead atoms. The maximum atomic E-state index is 12.5. The van der Waals surface area contributed by atoms with Crippen LogP contribution in [0.5, 0.6) is 0 Å². The number of imidazole rings is 2. The molecule has 4 aromatic heterocycles. The van der Waals surface area contributed by atoms with Crippen LogP contribution in [0.25, 0.3) is 22.3 Å². The number of aliphatic hydroxyl groups is 4. The molecule has 2 aliphatic rings. The Morgan fingerprint density at radius 2 is 0.935 bits per heavy atom. The molecule has 4 aromatic rings. The molecule has 0 amide bonds. The molecule has 12 atom stereocenters. The second-order valence-corrected chi connectivity index (χ2v) is 22.3. The fourth-order valence-corrected chi connectivity index (χ4v) is 14.9. The zero-order valence-electron chi connectivity index (χ0n) is 33.2. The van der Waals surface area contributed by atoms with Crippen LogP contribution in [-0.2, 0) is 50.0 Å². The van der Waals surface area contributed by atoms with Crippen molar-refractivity contribution < 1.29 is 238 Å². The predicted octanol–water partition coefficient (Wildman–Crippen LogP) is -19.4. The van der Waals surface area contributed by atoms with E-state index in [2.05, 4.69) is 47.6 Å². The normalized spacial score (nSPS) is 28.3. The molecule has 0 aromatic carbocycles. The molecule has 6 heterocycles. The van der Waals surface area contributed by atoms with Crippen molar-refractivity contribution in [2.24, 2.45) is 0 Å². The fraction of sp³-hybridized carbons (Fsp3) is 0.545. The first kappa shape index (κ1) is 62.4. The molecule has 0 aliphatic carbocycles. The third-order valence-corrected chi connectivity index (χ3v) is 18.5. The summed E-state index contributed by atoms with van der Waals surface area (Å²) < 4.78 is 93.0. The number of nitrogens with zero attached hydrogens (tertiary/aromatic N) is 8. The number of hydrogen-bond acceptors (Lipinski definition) is 27. The third-order valence-electron chi connectivity index (χ3n) is 8.04. The fourth-order valence-electron chi connectivity index (χ4n) is 5.60. The molecule has 313 valence electrons. The van der Waals surface area contributed by atoms with Crippen LogP contribution in [0, 0.1) is 0 Å². The van der Waals surface area contributed by atoms with Crippen LogP contribution < -0.4 is 179 Å². The minimum Gasteiger partial charge on any atom is -0.778 e. The second-order valence-electron chi connectivity index (χ2n) is 12.3. The van der Waals surface area contributed by atoms with Gasteiger partial charge >= 0.3 is 148 Å². The van der Waals surface area contributed by atoms with Crippen molar-refractivity contribution in [1.29, 1.82) is 0 Å². The average molecular weight is 1020 g/mol. The number of nitrogens with two attached hydrogens (primary N) is 2. The number of nitrogen functional groups attached to an aromatic ring is 2. The van der Waals surface area contributed by atoms with Gasteiger partial charge < -0.3 is 109 Å². The van der Waals surface area contributed by atoms with Gasteiger partial charge in [-0.3, -0.25) is 9.13 Å². The van der Waals surface area contributed by atoms with Gasteiger partial charge in [0.15, 0.2) is 35.4 Å². The standard InChI is InChI=1S/C22H32BN10O19P5.5Na/c23-57(46,51-55(42,43)7-53(38,39)47-1-9-13(34)15(36)21(49-9)32-5-30-11-17(24)26-3-28-19(11)32)52-56(44,45)8-54(40,41)48-2-10-14(35)16(37)22(50-10)33-6-31-12-18(25)27-4-29-20(12)33;;;;;/h3-6,9-10,13-16,21-22,34-37H,1-2,7-8H2,(H,38,39)(H,40,41)(H,42,43)(H,44,45)(H2,24,26,28)(H2,25,27,29);;;;;/q-1;5*+1/p-4/t9-,10-,13+,14+,15+,16+,21-,22-;;;;;/m1...../s1. The molecule has 0 spiro atoms. The van der Waals surface area contributed by atoms with Crippen molar-refractivity contribution in [1.82, 2.24) is 39.0 Å². The van der Waals surface area contributed by atoms with Gasteiger partial charge in [0.05, 0.1) is 45.1 Å². The minimum atomic E-state index is -6.01. The maximum absolute atomic E-state index is 12.5. The number of fused-ring (bicyclic) bond motifs is 2. The summed E-state index contributed by atoms with van der Waals surface area (Å²) in [6.45, 7) is -2.20. The Kier molecular flexibility index (Phi) is 24.6. The summed E-state index contributed by atoms with van der Waals surface area (Å²) >= 11 is 0. The van der Waals surface area contributed by atoms with E-state index in [1.807, 2.05) is 0 Å². The van der Waals surface area contributed by atoms with E-state index in [9.17, 15) is 62.8 Å². The van der Waals surface area contributed by atoms with Crippen LogP contribution in [0.2, 0.25) is 0 Å². The van der Waals surface area contributed by atoms with E-state index >= 15 is 0 Å². The number of hydrogen-bond donors (Lipinski definition) is 6. The quantitative estimate of drug-likeness (QED) is 0.0448. The van der Waals surface area contributed by atoms with Crippen molar-refractivity contribution in [2.75, 3.05) is 36.5 Å². The topological polar surface area (TPSA) is 453 Å². The van der Waals surface area contributed by atoms with Crippen molar-refractivity contribution in [3.05, 3.63) is 25.3 Å². The van der Waals surface area contributed by atoms with E-state index in [4.69, 9.17) is 28.5 Å². The Hall–Kier alpha value is 2.35. The Morgan fingerprint density at radius 1 is 0.597 bits per heavy atom. The summed E-state index contributed by atoms with van der Waals surface area (Å²) in [4.78, 5) is 73.4. The molecule has 0 saturated carbocycles. The SMILES string of the molecule is [B-]P(=O)(OP(=O)([O-])CP(=O)([O-])OC[C@H]1O[C@@H](n2cnc3c(N)ncnc32)[C@@H](O)[C@H]1O)OP(=O)([O-])CP(=O)([O-])OC[C@H]1O[C@@H](n2cnc3c(N)ncnc32)[C@@H](O)[C@H]1O.[Na+].[Na+].[Na+].[Na+].[Na+]. The van der Waals surface area contributed by atoms with Gasteiger partial charge in [-0.1, -0.05) is 0 Å². The largest absolute Gasteiger partial charge is 1.00 e. The maximum Gasteiger partial charge on any atom is 1.00 e. The van der Waals surface area contributed by atoms with Crippen molar-refractivity contribution in [3.63, 3.8) is 0 Å². The van der Waals surface area contributed by atoms with Crippen LogP contribution in [0.1, 0.15) is 12.5 Å². The van der Waals surface area contributed by atoms with Crippen LogP contribution in [0.3, 0.4) is 0 Å². The zero-order valence-corrected chi connectivity index (χ0v) is 47.7. The number of aliphatic hydroxyl groups excluding tert-OH is 4. The summed E-state index contributed by atoms with van der Waals surface area (Å²) in [5, 5.41) is 41.9. The van der Waals surface area contributed by atoms with Gasteiger partial charge in [0, 0.05) is 0 Å². The first-order valence-electron chi connectivity index (χ1n) is 15.6. The van der Waals surface area contributed by atoms with Crippen molar-refractivity contribution in [2.45, 2.75) is 49.1 Å². The van der Waals surface area contributed by atoms with Gasteiger partial charge in [-0.25, -0.2) is 29.9 Å². The molecule has 62 heavy (non-hydrogen) atoms.